The van der Waals surface area contributed by atoms with Gasteiger partial charge in [0.15, 0.2) is 0 Å². The lowest BCUT2D eigenvalue weighted by Gasteiger charge is -2.15. The van der Waals surface area contributed by atoms with E-state index in [4.69, 9.17) is 11.6 Å². The Labute approximate surface area is 132 Å². The van der Waals surface area contributed by atoms with Crippen LogP contribution in [0.3, 0.4) is 0 Å². The second-order valence-electron chi connectivity index (χ2n) is 5.37. The van der Waals surface area contributed by atoms with Crippen molar-refractivity contribution < 1.29 is 0 Å². The van der Waals surface area contributed by atoms with Crippen LogP contribution in [0.5, 0.6) is 0 Å². The summed E-state index contributed by atoms with van der Waals surface area (Å²) in [7, 11) is 0. The van der Waals surface area contributed by atoms with Gasteiger partial charge < -0.3 is 0 Å². The van der Waals surface area contributed by atoms with Crippen LogP contribution < -0.4 is 0 Å². The molecule has 0 spiro atoms. The smallest absolute Gasteiger partial charge is 0.0927 e. The van der Waals surface area contributed by atoms with Gasteiger partial charge in [0.1, 0.15) is 0 Å². The third kappa shape index (κ3) is 3.28. The summed E-state index contributed by atoms with van der Waals surface area (Å²) in [5.74, 6) is 0. The van der Waals surface area contributed by atoms with Crippen molar-refractivity contribution in [3.8, 4) is 0 Å². The van der Waals surface area contributed by atoms with Gasteiger partial charge in [0.2, 0.25) is 0 Å². The van der Waals surface area contributed by atoms with Gasteiger partial charge >= 0.3 is 0 Å². The van der Waals surface area contributed by atoms with E-state index in [9.17, 15) is 0 Å². The highest BCUT2D eigenvalue weighted by Crippen LogP contribution is 2.37. The van der Waals surface area contributed by atoms with Gasteiger partial charge in [0, 0.05) is 13.3 Å². The zero-order chi connectivity index (χ0) is 13.3. The molecule has 1 atom stereocenters. The van der Waals surface area contributed by atoms with Crippen LogP contribution in [0.25, 0.3) is 0 Å². The quantitative estimate of drug-likeness (QED) is 0.437. The molecule has 0 aliphatic rings. The normalized spacial score (nSPS) is 13.6. The zero-order valence-corrected chi connectivity index (χ0v) is 14.4. The van der Waals surface area contributed by atoms with E-state index in [0.29, 0.717) is 0 Å². The summed E-state index contributed by atoms with van der Waals surface area (Å²) in [5.41, 5.74) is 1.37. The van der Waals surface area contributed by atoms with Gasteiger partial charge in [0.05, 0.1) is 5.38 Å². The molecule has 1 unspecified atom stereocenters. The minimum absolute atomic E-state index is 0.0388. The maximum absolute atomic E-state index is 6.56. The zero-order valence-electron chi connectivity index (χ0n) is 10.7. The molecule has 0 bridgehead atoms. The molecule has 2 aromatic rings. The molecule has 0 nitrogen and oxygen atoms in total. The average Bonchev–Trinajstić information content (AvgIpc) is 2.78. The van der Waals surface area contributed by atoms with Crippen molar-refractivity contribution in [3.05, 3.63) is 55.3 Å². The molecule has 0 amide bonds. The van der Waals surface area contributed by atoms with E-state index in [1.165, 1.54) is 18.9 Å². The lowest BCUT2D eigenvalue weighted by atomic mass is 9.95. The summed E-state index contributed by atoms with van der Waals surface area (Å²) in [6.07, 6.45) is 0. The predicted molar refractivity (Wildman–Crippen MR) is 89.9 cm³/mol. The highest BCUT2D eigenvalue weighted by Gasteiger charge is 2.19. The molecule has 0 fully saturated rings. The van der Waals surface area contributed by atoms with Crippen LogP contribution in [0.4, 0.5) is 0 Å². The van der Waals surface area contributed by atoms with Crippen LogP contribution in [-0.4, -0.2) is 0 Å². The van der Waals surface area contributed by atoms with Gasteiger partial charge in [-0.05, 0) is 57.8 Å². The number of thiophene rings is 1. The van der Waals surface area contributed by atoms with Crippen LogP contribution in [0.2, 0.25) is 0 Å². The van der Waals surface area contributed by atoms with Gasteiger partial charge in [-0.1, -0.05) is 32.9 Å². The molecule has 0 aliphatic carbocycles. The highest BCUT2D eigenvalue weighted by atomic mass is 127. The fourth-order valence-electron chi connectivity index (χ4n) is 1.69. The maximum atomic E-state index is 6.56. The van der Waals surface area contributed by atoms with E-state index < -0.39 is 0 Å². The number of rotatable bonds is 2. The standard InChI is InChI=1S/C15H16ClIS/c1-15(2,3)13-9-8-12(18-13)14(16)10-4-6-11(17)7-5-10/h4-9,14H,1-3H3. The van der Waals surface area contributed by atoms with Crippen LogP contribution in [0, 0.1) is 3.57 Å². The fourth-order valence-corrected chi connectivity index (χ4v) is 3.47. The number of benzene rings is 1. The molecular weight excluding hydrogens is 375 g/mol. The van der Waals surface area contributed by atoms with Crippen molar-refractivity contribution in [2.24, 2.45) is 0 Å². The van der Waals surface area contributed by atoms with Crippen molar-refractivity contribution in [1.82, 2.24) is 0 Å². The lowest BCUT2D eigenvalue weighted by molar-refractivity contribution is 0.604. The summed E-state index contributed by atoms with van der Waals surface area (Å²) in [6, 6.07) is 12.8. The largest absolute Gasteiger partial charge is 0.143 e. The van der Waals surface area contributed by atoms with Gasteiger partial charge in [0.25, 0.3) is 0 Å². The predicted octanol–water partition coefficient (Wildman–Crippen LogP) is 5.98. The average molecular weight is 391 g/mol. The van der Waals surface area contributed by atoms with Crippen LogP contribution in [-0.2, 0) is 5.41 Å². The van der Waals surface area contributed by atoms with E-state index in [2.05, 4.69) is 79.8 Å². The van der Waals surface area contributed by atoms with Crippen LogP contribution >= 0.6 is 45.5 Å². The summed E-state index contributed by atoms with van der Waals surface area (Å²) in [6.45, 7) is 6.70. The molecule has 0 saturated heterocycles. The molecule has 2 rings (SSSR count). The monoisotopic (exact) mass is 390 g/mol. The lowest BCUT2D eigenvalue weighted by Crippen LogP contribution is -2.07. The molecule has 1 aromatic heterocycles. The van der Waals surface area contributed by atoms with E-state index in [-0.39, 0.29) is 10.8 Å². The Balaban J connectivity index is 2.26. The van der Waals surface area contributed by atoms with Crippen LogP contribution in [0.1, 0.15) is 41.5 Å². The first-order valence-corrected chi connectivity index (χ1v) is 8.21. The second-order valence-corrected chi connectivity index (χ2v) is 8.16. The molecule has 1 aromatic carbocycles. The summed E-state index contributed by atoms with van der Waals surface area (Å²) < 4.78 is 1.24. The number of alkyl halides is 1. The summed E-state index contributed by atoms with van der Waals surface area (Å²) in [4.78, 5) is 2.61. The first-order valence-electron chi connectivity index (χ1n) is 5.87. The number of halogens is 2. The maximum Gasteiger partial charge on any atom is 0.0927 e. The molecule has 3 heteroatoms. The highest BCUT2D eigenvalue weighted by molar-refractivity contribution is 14.1. The molecule has 96 valence electrons. The van der Waals surface area contributed by atoms with Gasteiger partial charge in [-0.3, -0.25) is 0 Å². The summed E-state index contributed by atoms with van der Waals surface area (Å²) in [5, 5.41) is -0.0388. The Morgan fingerprint density at radius 1 is 1.06 bits per heavy atom. The van der Waals surface area contributed by atoms with Crippen molar-refractivity contribution in [2.45, 2.75) is 31.6 Å². The minimum Gasteiger partial charge on any atom is -0.143 e. The Morgan fingerprint density at radius 3 is 2.17 bits per heavy atom. The third-order valence-corrected chi connectivity index (χ3v) is 5.69. The van der Waals surface area contributed by atoms with E-state index in [1.807, 2.05) is 11.3 Å². The van der Waals surface area contributed by atoms with Crippen molar-refractivity contribution in [1.29, 1.82) is 0 Å². The minimum atomic E-state index is -0.0388. The topological polar surface area (TPSA) is 0 Å². The van der Waals surface area contributed by atoms with Gasteiger partial charge in [-0.25, -0.2) is 0 Å². The Kier molecular flexibility index (Phi) is 4.40. The molecule has 18 heavy (non-hydrogen) atoms. The molecule has 0 N–H and O–H groups in total. The number of hydrogen-bond donors (Lipinski definition) is 0. The molecule has 1 heterocycles. The SMILES string of the molecule is CC(C)(C)c1ccc(C(Cl)c2ccc(I)cc2)s1. The van der Waals surface area contributed by atoms with E-state index in [1.54, 1.807) is 0 Å². The third-order valence-electron chi connectivity index (χ3n) is 2.78. The second kappa shape index (κ2) is 5.51. The molecular formula is C15H16ClIS. The Hall–Kier alpha value is -0.0600. The van der Waals surface area contributed by atoms with Crippen molar-refractivity contribution >= 4 is 45.5 Å². The molecule has 0 radical (unpaired) electrons. The Morgan fingerprint density at radius 2 is 1.67 bits per heavy atom. The number of hydrogen-bond acceptors (Lipinski definition) is 1. The van der Waals surface area contributed by atoms with E-state index in [0.717, 1.165) is 0 Å². The van der Waals surface area contributed by atoms with Crippen molar-refractivity contribution in [2.75, 3.05) is 0 Å². The first kappa shape index (κ1) is 14.4. The van der Waals surface area contributed by atoms with Gasteiger partial charge in [-0.15, -0.1) is 22.9 Å². The summed E-state index contributed by atoms with van der Waals surface area (Å²) >= 11 is 10.7. The molecule has 0 saturated carbocycles. The van der Waals surface area contributed by atoms with E-state index >= 15 is 0 Å². The van der Waals surface area contributed by atoms with Gasteiger partial charge in [-0.2, -0.15) is 0 Å². The first-order chi connectivity index (χ1) is 8.38. The molecule has 0 aliphatic heterocycles. The fraction of sp³-hybridized carbons (Fsp3) is 0.333. The van der Waals surface area contributed by atoms with Crippen molar-refractivity contribution in [3.63, 3.8) is 0 Å². The Bertz CT molecular complexity index is 522. The van der Waals surface area contributed by atoms with Crippen LogP contribution in [0.15, 0.2) is 36.4 Å².